The molecule has 1 aromatic heterocycles. The highest BCUT2D eigenvalue weighted by Crippen LogP contribution is 2.35. The molecule has 1 aliphatic carbocycles. The van der Waals surface area contributed by atoms with Crippen molar-refractivity contribution in [2.24, 2.45) is 23.6 Å². The standard InChI is InChI=1S/C15H25N3/c1-11-7-12(2)9-14(8-11)15(18-16)10-13-3-5-17-6-4-13/h3-6,11-12,14-15,18H,7-10,16H2,1-2H3. The highest BCUT2D eigenvalue weighted by atomic mass is 15.2. The van der Waals surface area contributed by atoms with Crippen LogP contribution in [0.3, 0.4) is 0 Å². The molecule has 3 heteroatoms. The van der Waals surface area contributed by atoms with Gasteiger partial charge in [-0.1, -0.05) is 13.8 Å². The number of hydrogen-bond acceptors (Lipinski definition) is 3. The number of nitrogens with two attached hydrogens (primary N) is 1. The van der Waals surface area contributed by atoms with E-state index in [0.29, 0.717) is 12.0 Å². The van der Waals surface area contributed by atoms with Gasteiger partial charge in [-0.15, -0.1) is 0 Å². The quantitative estimate of drug-likeness (QED) is 0.635. The van der Waals surface area contributed by atoms with Gasteiger partial charge in [-0.3, -0.25) is 16.3 Å². The number of pyridine rings is 1. The first-order valence-electron chi connectivity index (χ1n) is 7.04. The van der Waals surface area contributed by atoms with Gasteiger partial charge in [0.15, 0.2) is 0 Å². The number of nitrogens with zero attached hydrogens (tertiary/aromatic N) is 1. The maximum absolute atomic E-state index is 5.78. The molecule has 2 rings (SSSR count). The molecule has 0 bridgehead atoms. The monoisotopic (exact) mass is 247 g/mol. The third-order valence-corrected chi connectivity index (χ3v) is 4.20. The molecule has 1 saturated carbocycles. The van der Waals surface area contributed by atoms with Gasteiger partial charge in [0.05, 0.1) is 0 Å². The molecule has 1 fully saturated rings. The van der Waals surface area contributed by atoms with Crippen molar-refractivity contribution >= 4 is 0 Å². The zero-order chi connectivity index (χ0) is 13.0. The van der Waals surface area contributed by atoms with Crippen molar-refractivity contribution in [3.05, 3.63) is 30.1 Å². The third kappa shape index (κ3) is 3.53. The average molecular weight is 247 g/mol. The van der Waals surface area contributed by atoms with Crippen molar-refractivity contribution in [3.63, 3.8) is 0 Å². The van der Waals surface area contributed by atoms with Crippen LogP contribution in [0.1, 0.15) is 38.7 Å². The second-order valence-electron chi connectivity index (χ2n) is 6.01. The lowest BCUT2D eigenvalue weighted by Gasteiger charge is -2.36. The van der Waals surface area contributed by atoms with E-state index < -0.39 is 0 Å². The molecule has 1 aromatic rings. The lowest BCUT2D eigenvalue weighted by atomic mass is 9.73. The van der Waals surface area contributed by atoms with Gasteiger partial charge >= 0.3 is 0 Å². The fraction of sp³-hybridized carbons (Fsp3) is 0.667. The van der Waals surface area contributed by atoms with Crippen molar-refractivity contribution < 1.29 is 0 Å². The Bertz CT molecular complexity index is 342. The highest BCUT2D eigenvalue weighted by Gasteiger charge is 2.29. The van der Waals surface area contributed by atoms with Crippen molar-refractivity contribution in [1.82, 2.24) is 10.4 Å². The van der Waals surface area contributed by atoms with E-state index in [-0.39, 0.29) is 0 Å². The molecule has 3 nitrogen and oxygen atoms in total. The Morgan fingerprint density at radius 3 is 2.39 bits per heavy atom. The van der Waals surface area contributed by atoms with Crippen LogP contribution in [0.5, 0.6) is 0 Å². The van der Waals surface area contributed by atoms with E-state index in [2.05, 4.69) is 36.4 Å². The Hall–Kier alpha value is -0.930. The van der Waals surface area contributed by atoms with E-state index in [0.717, 1.165) is 18.3 Å². The first-order valence-corrected chi connectivity index (χ1v) is 7.04. The van der Waals surface area contributed by atoms with Crippen LogP contribution in [0.15, 0.2) is 24.5 Å². The molecule has 3 N–H and O–H groups in total. The normalized spacial score (nSPS) is 30.1. The SMILES string of the molecule is CC1CC(C)CC(C(Cc2ccncc2)NN)C1. The van der Waals surface area contributed by atoms with Crippen molar-refractivity contribution in [2.45, 2.75) is 45.6 Å². The summed E-state index contributed by atoms with van der Waals surface area (Å²) >= 11 is 0. The molecule has 0 saturated heterocycles. The smallest absolute Gasteiger partial charge is 0.0279 e. The molecule has 100 valence electrons. The van der Waals surface area contributed by atoms with E-state index in [1.165, 1.54) is 24.8 Å². The second-order valence-corrected chi connectivity index (χ2v) is 6.01. The van der Waals surface area contributed by atoms with Gasteiger partial charge in [0.1, 0.15) is 0 Å². The highest BCUT2D eigenvalue weighted by molar-refractivity contribution is 5.11. The Balaban J connectivity index is 2.00. The minimum atomic E-state index is 0.387. The summed E-state index contributed by atoms with van der Waals surface area (Å²) in [5.41, 5.74) is 4.36. The van der Waals surface area contributed by atoms with E-state index in [9.17, 15) is 0 Å². The van der Waals surface area contributed by atoms with Gasteiger partial charge in [-0.2, -0.15) is 0 Å². The topological polar surface area (TPSA) is 50.9 Å². The van der Waals surface area contributed by atoms with Crippen molar-refractivity contribution in [1.29, 1.82) is 0 Å². The second kappa shape index (κ2) is 6.30. The van der Waals surface area contributed by atoms with Gasteiger partial charge in [0.25, 0.3) is 0 Å². The predicted molar refractivity (Wildman–Crippen MR) is 74.7 cm³/mol. The maximum Gasteiger partial charge on any atom is 0.0279 e. The molecular formula is C15H25N3. The largest absolute Gasteiger partial charge is 0.271 e. The van der Waals surface area contributed by atoms with Crippen LogP contribution in [-0.2, 0) is 6.42 Å². The van der Waals surface area contributed by atoms with Crippen LogP contribution in [0.25, 0.3) is 0 Å². The molecule has 1 heterocycles. The van der Waals surface area contributed by atoms with Gasteiger partial charge in [-0.25, -0.2) is 0 Å². The fourth-order valence-electron chi connectivity index (χ4n) is 3.47. The first-order chi connectivity index (χ1) is 8.69. The number of hydrazine groups is 1. The first kappa shape index (κ1) is 13.5. The minimum Gasteiger partial charge on any atom is -0.271 e. The van der Waals surface area contributed by atoms with Gasteiger partial charge in [0.2, 0.25) is 0 Å². The van der Waals surface area contributed by atoms with Crippen LogP contribution in [-0.4, -0.2) is 11.0 Å². The van der Waals surface area contributed by atoms with Crippen LogP contribution >= 0.6 is 0 Å². The molecule has 1 aliphatic rings. The molecular weight excluding hydrogens is 222 g/mol. The van der Waals surface area contributed by atoms with E-state index >= 15 is 0 Å². The number of nitrogens with one attached hydrogen (secondary N) is 1. The number of rotatable bonds is 4. The van der Waals surface area contributed by atoms with Crippen molar-refractivity contribution in [2.75, 3.05) is 0 Å². The molecule has 0 aromatic carbocycles. The molecule has 3 unspecified atom stereocenters. The zero-order valence-corrected chi connectivity index (χ0v) is 11.5. The summed E-state index contributed by atoms with van der Waals surface area (Å²) in [7, 11) is 0. The summed E-state index contributed by atoms with van der Waals surface area (Å²) in [5, 5.41) is 0. The Kier molecular flexibility index (Phi) is 4.72. The summed E-state index contributed by atoms with van der Waals surface area (Å²) < 4.78 is 0. The van der Waals surface area contributed by atoms with Crippen LogP contribution < -0.4 is 11.3 Å². The van der Waals surface area contributed by atoms with Crippen LogP contribution in [0.2, 0.25) is 0 Å². The van der Waals surface area contributed by atoms with Gasteiger partial charge < -0.3 is 0 Å². The predicted octanol–water partition coefficient (Wildman–Crippen LogP) is 2.53. The molecule has 0 aliphatic heterocycles. The number of hydrogen-bond donors (Lipinski definition) is 2. The fourth-order valence-corrected chi connectivity index (χ4v) is 3.47. The Morgan fingerprint density at radius 1 is 1.22 bits per heavy atom. The maximum atomic E-state index is 5.78. The van der Waals surface area contributed by atoms with Crippen molar-refractivity contribution in [3.8, 4) is 0 Å². The zero-order valence-electron chi connectivity index (χ0n) is 11.5. The molecule has 0 amide bonds. The van der Waals surface area contributed by atoms with Crippen LogP contribution in [0, 0.1) is 17.8 Å². The van der Waals surface area contributed by atoms with Crippen LogP contribution in [0.4, 0.5) is 0 Å². The molecule has 3 atom stereocenters. The summed E-state index contributed by atoms with van der Waals surface area (Å²) in [4.78, 5) is 4.06. The minimum absolute atomic E-state index is 0.387. The Labute approximate surface area is 110 Å². The molecule has 0 radical (unpaired) electrons. The summed E-state index contributed by atoms with van der Waals surface area (Å²) in [6.45, 7) is 4.73. The summed E-state index contributed by atoms with van der Waals surface area (Å²) in [5.74, 6) is 8.12. The average Bonchev–Trinajstić information content (AvgIpc) is 2.36. The van der Waals surface area contributed by atoms with E-state index in [1.807, 2.05) is 12.4 Å². The Morgan fingerprint density at radius 2 is 1.83 bits per heavy atom. The third-order valence-electron chi connectivity index (χ3n) is 4.20. The lowest BCUT2D eigenvalue weighted by Crippen LogP contribution is -2.44. The molecule has 18 heavy (non-hydrogen) atoms. The van der Waals surface area contributed by atoms with Gasteiger partial charge in [0, 0.05) is 18.4 Å². The summed E-state index contributed by atoms with van der Waals surface area (Å²) in [6.07, 6.45) is 8.67. The summed E-state index contributed by atoms with van der Waals surface area (Å²) in [6, 6.07) is 4.55. The number of aromatic nitrogens is 1. The lowest BCUT2D eigenvalue weighted by molar-refractivity contribution is 0.175. The van der Waals surface area contributed by atoms with Gasteiger partial charge in [-0.05, 0) is 61.1 Å². The van der Waals surface area contributed by atoms with E-state index in [1.54, 1.807) is 0 Å². The molecule has 0 spiro atoms. The van der Waals surface area contributed by atoms with E-state index in [4.69, 9.17) is 5.84 Å².